The largest absolute Gasteiger partial charge is 0.497 e. The molecule has 4 nitrogen and oxygen atoms in total. The van der Waals surface area contributed by atoms with Gasteiger partial charge in [0.2, 0.25) is 0 Å². The standard InChI is InChI=1S/C16H25N3O/c1-12-3-5-13(6-4-12)11-18-16(17)19-14-7-9-15(20-2)10-8-14/h7-10,12-13H,3-6,11H2,1-2H3,(H3,17,18,19). The summed E-state index contributed by atoms with van der Waals surface area (Å²) in [4.78, 5) is 4.46. The SMILES string of the molecule is COc1ccc(NC(N)=NCC2CCC(C)CC2)cc1. The molecular weight excluding hydrogens is 250 g/mol. The Morgan fingerprint density at radius 3 is 2.50 bits per heavy atom. The highest BCUT2D eigenvalue weighted by molar-refractivity contribution is 5.92. The maximum Gasteiger partial charge on any atom is 0.193 e. The number of hydrogen-bond donors (Lipinski definition) is 2. The molecule has 1 aliphatic rings. The Morgan fingerprint density at radius 2 is 1.90 bits per heavy atom. The average molecular weight is 275 g/mol. The lowest BCUT2D eigenvalue weighted by atomic mass is 9.83. The molecule has 4 heteroatoms. The molecule has 0 radical (unpaired) electrons. The second kappa shape index (κ2) is 7.17. The minimum absolute atomic E-state index is 0.494. The van der Waals surface area contributed by atoms with Crippen LogP contribution >= 0.6 is 0 Å². The van der Waals surface area contributed by atoms with E-state index in [1.165, 1.54) is 25.7 Å². The van der Waals surface area contributed by atoms with Crippen LogP contribution in [0.2, 0.25) is 0 Å². The summed E-state index contributed by atoms with van der Waals surface area (Å²) < 4.78 is 5.12. The second-order valence-corrected chi connectivity index (χ2v) is 5.71. The zero-order valence-electron chi connectivity index (χ0n) is 12.4. The molecule has 0 bridgehead atoms. The van der Waals surface area contributed by atoms with E-state index in [9.17, 15) is 0 Å². The number of ether oxygens (including phenoxy) is 1. The van der Waals surface area contributed by atoms with Crippen molar-refractivity contribution in [2.45, 2.75) is 32.6 Å². The molecule has 0 atom stereocenters. The van der Waals surface area contributed by atoms with Crippen LogP contribution in [0.4, 0.5) is 5.69 Å². The van der Waals surface area contributed by atoms with Crippen LogP contribution in [0.3, 0.4) is 0 Å². The van der Waals surface area contributed by atoms with Crippen molar-refractivity contribution < 1.29 is 4.74 Å². The quantitative estimate of drug-likeness (QED) is 0.655. The highest BCUT2D eigenvalue weighted by Crippen LogP contribution is 2.28. The molecule has 0 unspecified atom stereocenters. The van der Waals surface area contributed by atoms with E-state index in [0.29, 0.717) is 11.9 Å². The van der Waals surface area contributed by atoms with Crippen molar-refractivity contribution >= 4 is 11.6 Å². The predicted molar refractivity (Wildman–Crippen MR) is 84.2 cm³/mol. The van der Waals surface area contributed by atoms with Gasteiger partial charge in [-0.1, -0.05) is 19.8 Å². The number of benzene rings is 1. The minimum Gasteiger partial charge on any atom is -0.497 e. The van der Waals surface area contributed by atoms with E-state index in [1.54, 1.807) is 7.11 Å². The highest BCUT2D eigenvalue weighted by atomic mass is 16.5. The van der Waals surface area contributed by atoms with E-state index in [0.717, 1.165) is 23.9 Å². The predicted octanol–water partition coefficient (Wildman–Crippen LogP) is 3.25. The topological polar surface area (TPSA) is 59.6 Å². The van der Waals surface area contributed by atoms with Gasteiger partial charge in [-0.25, -0.2) is 0 Å². The Labute approximate surface area is 121 Å². The van der Waals surface area contributed by atoms with Crippen LogP contribution < -0.4 is 15.8 Å². The van der Waals surface area contributed by atoms with Crippen LogP contribution in [-0.2, 0) is 0 Å². The number of nitrogens with zero attached hydrogens (tertiary/aromatic N) is 1. The number of aliphatic imine (C=N–C) groups is 1. The molecule has 110 valence electrons. The van der Waals surface area contributed by atoms with Crippen molar-refractivity contribution in [2.75, 3.05) is 19.0 Å². The molecule has 0 aromatic heterocycles. The van der Waals surface area contributed by atoms with Crippen LogP contribution in [0.15, 0.2) is 29.3 Å². The van der Waals surface area contributed by atoms with Crippen molar-refractivity contribution in [3.05, 3.63) is 24.3 Å². The third-order valence-electron chi connectivity index (χ3n) is 4.02. The number of anilines is 1. The number of rotatable bonds is 4. The number of nitrogens with one attached hydrogen (secondary N) is 1. The second-order valence-electron chi connectivity index (χ2n) is 5.71. The Bertz CT molecular complexity index is 434. The van der Waals surface area contributed by atoms with Crippen molar-refractivity contribution in [3.63, 3.8) is 0 Å². The maximum atomic E-state index is 5.93. The third-order valence-corrected chi connectivity index (χ3v) is 4.02. The summed E-state index contributed by atoms with van der Waals surface area (Å²) in [5.41, 5.74) is 6.86. The molecule has 0 heterocycles. The Morgan fingerprint density at radius 1 is 1.25 bits per heavy atom. The maximum absolute atomic E-state index is 5.93. The molecule has 1 aromatic carbocycles. The van der Waals surface area contributed by atoms with Gasteiger partial charge in [0.15, 0.2) is 5.96 Å². The monoisotopic (exact) mass is 275 g/mol. The normalized spacial score (nSPS) is 23.4. The van der Waals surface area contributed by atoms with Crippen molar-refractivity contribution in [3.8, 4) is 5.75 Å². The summed E-state index contributed by atoms with van der Waals surface area (Å²) in [6.45, 7) is 3.17. The van der Waals surface area contributed by atoms with Crippen LogP contribution in [0.5, 0.6) is 5.75 Å². The first-order chi connectivity index (χ1) is 9.67. The molecule has 0 amide bonds. The van der Waals surface area contributed by atoms with E-state index in [-0.39, 0.29) is 0 Å². The first-order valence-electron chi connectivity index (χ1n) is 7.38. The molecule has 0 aliphatic heterocycles. The zero-order chi connectivity index (χ0) is 14.4. The van der Waals surface area contributed by atoms with Crippen molar-refractivity contribution in [2.24, 2.45) is 22.6 Å². The third kappa shape index (κ3) is 4.44. The molecule has 3 N–H and O–H groups in total. The number of hydrogen-bond acceptors (Lipinski definition) is 2. The van der Waals surface area contributed by atoms with Gasteiger partial charge in [0.25, 0.3) is 0 Å². The van der Waals surface area contributed by atoms with Gasteiger partial charge in [-0.15, -0.1) is 0 Å². The molecular formula is C16H25N3O. The van der Waals surface area contributed by atoms with E-state index in [4.69, 9.17) is 10.5 Å². The fraction of sp³-hybridized carbons (Fsp3) is 0.562. The average Bonchev–Trinajstić information content (AvgIpc) is 2.47. The number of nitrogens with two attached hydrogens (primary N) is 1. The van der Waals surface area contributed by atoms with Crippen molar-refractivity contribution in [1.82, 2.24) is 0 Å². The molecule has 1 aromatic rings. The first kappa shape index (κ1) is 14.7. The molecule has 0 saturated heterocycles. The first-order valence-corrected chi connectivity index (χ1v) is 7.38. The molecule has 2 rings (SSSR count). The van der Waals surface area contributed by atoms with Gasteiger partial charge in [-0.2, -0.15) is 0 Å². The van der Waals surface area contributed by atoms with Crippen molar-refractivity contribution in [1.29, 1.82) is 0 Å². The lowest BCUT2D eigenvalue weighted by Crippen LogP contribution is -2.24. The van der Waals surface area contributed by atoms with E-state index in [2.05, 4.69) is 17.2 Å². The molecule has 1 fully saturated rings. The fourth-order valence-corrected chi connectivity index (χ4v) is 2.60. The van der Waals surface area contributed by atoms with Gasteiger partial charge in [0.1, 0.15) is 5.75 Å². The summed E-state index contributed by atoms with van der Waals surface area (Å²) >= 11 is 0. The van der Waals surface area contributed by atoms with E-state index >= 15 is 0 Å². The van der Waals surface area contributed by atoms with E-state index < -0.39 is 0 Å². The number of methoxy groups -OCH3 is 1. The smallest absolute Gasteiger partial charge is 0.193 e. The van der Waals surface area contributed by atoms with Gasteiger partial charge < -0.3 is 15.8 Å². The van der Waals surface area contributed by atoms with Crippen LogP contribution in [0.1, 0.15) is 32.6 Å². The number of guanidine groups is 1. The molecule has 1 aliphatic carbocycles. The van der Waals surface area contributed by atoms with Gasteiger partial charge in [-0.05, 0) is 48.9 Å². The summed E-state index contributed by atoms with van der Waals surface area (Å²) in [5, 5.41) is 3.11. The lowest BCUT2D eigenvalue weighted by Gasteiger charge is -2.24. The van der Waals surface area contributed by atoms with Gasteiger partial charge >= 0.3 is 0 Å². The van der Waals surface area contributed by atoms with Gasteiger partial charge in [0.05, 0.1) is 7.11 Å². The highest BCUT2D eigenvalue weighted by Gasteiger charge is 2.17. The zero-order valence-corrected chi connectivity index (χ0v) is 12.4. The minimum atomic E-state index is 0.494. The Kier molecular flexibility index (Phi) is 5.27. The Hall–Kier alpha value is -1.71. The van der Waals surface area contributed by atoms with Crippen LogP contribution in [0, 0.1) is 11.8 Å². The van der Waals surface area contributed by atoms with Crippen LogP contribution in [-0.4, -0.2) is 19.6 Å². The molecule has 0 spiro atoms. The summed E-state index contributed by atoms with van der Waals surface area (Å²) in [6, 6.07) is 7.67. The Balaban J connectivity index is 1.81. The van der Waals surface area contributed by atoms with E-state index in [1.807, 2.05) is 24.3 Å². The summed E-state index contributed by atoms with van der Waals surface area (Å²) in [7, 11) is 1.66. The summed E-state index contributed by atoms with van der Waals surface area (Å²) in [5.74, 6) is 2.91. The van der Waals surface area contributed by atoms with Crippen LogP contribution in [0.25, 0.3) is 0 Å². The molecule has 1 saturated carbocycles. The summed E-state index contributed by atoms with van der Waals surface area (Å²) in [6.07, 6.45) is 5.21. The van der Waals surface area contributed by atoms with Gasteiger partial charge in [0, 0.05) is 12.2 Å². The fourth-order valence-electron chi connectivity index (χ4n) is 2.60. The lowest BCUT2D eigenvalue weighted by molar-refractivity contribution is 0.296. The van der Waals surface area contributed by atoms with Gasteiger partial charge in [-0.3, -0.25) is 4.99 Å². The molecule has 20 heavy (non-hydrogen) atoms.